The van der Waals surface area contributed by atoms with Gasteiger partial charge in [-0.25, -0.2) is 0 Å². The van der Waals surface area contributed by atoms with Crippen LogP contribution >= 0.6 is 15.9 Å². The van der Waals surface area contributed by atoms with Crippen molar-refractivity contribution >= 4 is 15.9 Å². The van der Waals surface area contributed by atoms with E-state index in [4.69, 9.17) is 0 Å². The van der Waals surface area contributed by atoms with E-state index in [0.29, 0.717) is 12.0 Å². The van der Waals surface area contributed by atoms with Gasteiger partial charge < -0.3 is 5.32 Å². The van der Waals surface area contributed by atoms with Gasteiger partial charge in [0, 0.05) is 10.5 Å². The van der Waals surface area contributed by atoms with Crippen molar-refractivity contribution < 1.29 is 0 Å². The number of aryl methyl sites for hydroxylation is 2. The van der Waals surface area contributed by atoms with E-state index in [1.54, 1.807) is 0 Å². The Hall–Kier alpha value is -0.340. The van der Waals surface area contributed by atoms with E-state index in [-0.39, 0.29) is 0 Å². The molecule has 0 spiro atoms. The molecule has 1 aromatic carbocycles. The Bertz CT molecular complexity index is 373. The maximum absolute atomic E-state index is 3.75. The van der Waals surface area contributed by atoms with Gasteiger partial charge in [0.2, 0.25) is 0 Å². The summed E-state index contributed by atoms with van der Waals surface area (Å²) in [5, 5.41) is 3.75. The van der Waals surface area contributed by atoms with Crippen molar-refractivity contribution in [3.8, 4) is 0 Å². The van der Waals surface area contributed by atoms with Crippen LogP contribution in [0.3, 0.4) is 0 Å². The van der Waals surface area contributed by atoms with Crippen LogP contribution in [0, 0.1) is 19.8 Å². The molecule has 1 unspecified atom stereocenters. The summed E-state index contributed by atoms with van der Waals surface area (Å²) >= 11 is 3.67. The molecule has 19 heavy (non-hydrogen) atoms. The Morgan fingerprint density at radius 1 is 1.05 bits per heavy atom. The minimum atomic E-state index is 0.487. The minimum Gasteiger partial charge on any atom is -0.310 e. The lowest BCUT2D eigenvalue weighted by atomic mass is 9.87. The Balaban J connectivity index is 3.09. The maximum atomic E-state index is 3.75. The molecule has 108 valence electrons. The largest absolute Gasteiger partial charge is 0.310 e. The fourth-order valence-electron chi connectivity index (χ4n) is 2.78. The molecule has 1 rings (SSSR count). The molecule has 0 aromatic heterocycles. The van der Waals surface area contributed by atoms with Gasteiger partial charge in [-0.2, -0.15) is 0 Å². The number of hydrogen-bond acceptors (Lipinski definition) is 1. The van der Waals surface area contributed by atoms with Crippen molar-refractivity contribution in [1.29, 1.82) is 0 Å². The third-order valence-corrected chi connectivity index (χ3v) is 5.20. The van der Waals surface area contributed by atoms with Gasteiger partial charge in [-0.05, 0) is 49.4 Å². The van der Waals surface area contributed by atoms with Crippen molar-refractivity contribution in [3.63, 3.8) is 0 Å². The second-order valence-corrected chi connectivity index (χ2v) is 6.27. The Morgan fingerprint density at radius 3 is 2.00 bits per heavy atom. The molecule has 0 amide bonds. The molecule has 1 aromatic rings. The molecule has 0 aliphatic rings. The lowest BCUT2D eigenvalue weighted by molar-refractivity contribution is 0.341. The van der Waals surface area contributed by atoms with E-state index < -0.39 is 0 Å². The van der Waals surface area contributed by atoms with E-state index in [0.717, 1.165) is 6.54 Å². The van der Waals surface area contributed by atoms with Crippen molar-refractivity contribution in [2.45, 2.75) is 59.9 Å². The van der Waals surface area contributed by atoms with Crippen LogP contribution in [0.2, 0.25) is 0 Å². The van der Waals surface area contributed by atoms with Crippen LogP contribution in [0.25, 0.3) is 0 Å². The Labute approximate surface area is 127 Å². The summed E-state index contributed by atoms with van der Waals surface area (Å²) in [5.41, 5.74) is 4.12. The van der Waals surface area contributed by atoms with Gasteiger partial charge in [0.25, 0.3) is 0 Å². The lowest BCUT2D eigenvalue weighted by Gasteiger charge is -2.28. The van der Waals surface area contributed by atoms with Gasteiger partial charge >= 0.3 is 0 Å². The fourth-order valence-corrected chi connectivity index (χ4v) is 3.00. The molecule has 0 fully saturated rings. The highest BCUT2D eigenvalue weighted by atomic mass is 79.9. The topological polar surface area (TPSA) is 12.0 Å². The second kappa shape index (κ2) is 8.06. The predicted molar refractivity (Wildman–Crippen MR) is 88.7 cm³/mol. The molecule has 1 nitrogen and oxygen atoms in total. The van der Waals surface area contributed by atoms with Crippen molar-refractivity contribution in [2.24, 2.45) is 5.92 Å². The van der Waals surface area contributed by atoms with Crippen LogP contribution in [-0.2, 0) is 0 Å². The third-order valence-electron chi connectivity index (χ3n) is 3.95. The first-order chi connectivity index (χ1) is 9.04. The van der Waals surface area contributed by atoms with Gasteiger partial charge in [0.05, 0.1) is 0 Å². The quantitative estimate of drug-likeness (QED) is 0.693. The number of nitrogens with one attached hydrogen (secondary N) is 1. The molecule has 0 saturated heterocycles. The SMILES string of the molecule is CCCNC(c1cc(C)c(Br)c(C)c1)C(CC)CC. The standard InChI is InChI=1S/C17H28BrN/c1-6-9-19-17(14(7-2)8-3)15-10-12(4)16(18)13(5)11-15/h10-11,14,17,19H,6-9H2,1-5H3. The van der Waals surface area contributed by atoms with E-state index in [9.17, 15) is 0 Å². The van der Waals surface area contributed by atoms with Crippen LogP contribution in [0.5, 0.6) is 0 Å². The van der Waals surface area contributed by atoms with Crippen LogP contribution in [0.1, 0.15) is 62.8 Å². The minimum absolute atomic E-state index is 0.487. The first-order valence-electron chi connectivity index (χ1n) is 7.55. The van der Waals surface area contributed by atoms with Crippen LogP contribution < -0.4 is 5.32 Å². The van der Waals surface area contributed by atoms with Gasteiger partial charge in [-0.1, -0.05) is 61.7 Å². The lowest BCUT2D eigenvalue weighted by Crippen LogP contribution is -2.28. The van der Waals surface area contributed by atoms with E-state index >= 15 is 0 Å². The van der Waals surface area contributed by atoms with Crippen LogP contribution in [0.15, 0.2) is 16.6 Å². The number of halogens is 1. The van der Waals surface area contributed by atoms with Crippen LogP contribution in [0.4, 0.5) is 0 Å². The van der Waals surface area contributed by atoms with Gasteiger partial charge in [-0.3, -0.25) is 0 Å². The van der Waals surface area contributed by atoms with Crippen molar-refractivity contribution in [2.75, 3.05) is 6.54 Å². The third kappa shape index (κ3) is 4.32. The highest BCUT2D eigenvalue weighted by molar-refractivity contribution is 9.10. The highest BCUT2D eigenvalue weighted by Gasteiger charge is 2.20. The molecule has 0 aliphatic heterocycles. The van der Waals surface area contributed by atoms with Crippen LogP contribution in [-0.4, -0.2) is 6.54 Å². The average molecular weight is 326 g/mol. The number of hydrogen-bond donors (Lipinski definition) is 1. The molecule has 0 saturated carbocycles. The first-order valence-corrected chi connectivity index (χ1v) is 8.34. The normalized spacial score (nSPS) is 13.0. The summed E-state index contributed by atoms with van der Waals surface area (Å²) in [7, 11) is 0. The summed E-state index contributed by atoms with van der Waals surface area (Å²) in [6, 6.07) is 5.16. The van der Waals surface area contributed by atoms with E-state index in [2.05, 4.69) is 68.0 Å². The molecule has 0 aliphatic carbocycles. The van der Waals surface area contributed by atoms with Crippen molar-refractivity contribution in [3.05, 3.63) is 33.3 Å². The molecule has 1 N–H and O–H groups in total. The maximum Gasteiger partial charge on any atom is 0.0348 e. The molecule has 0 bridgehead atoms. The zero-order valence-electron chi connectivity index (χ0n) is 13.0. The predicted octanol–water partition coefficient (Wildman–Crippen LogP) is 5.54. The Morgan fingerprint density at radius 2 is 1.58 bits per heavy atom. The summed E-state index contributed by atoms with van der Waals surface area (Å²) in [6.45, 7) is 12.3. The van der Waals surface area contributed by atoms with Gasteiger partial charge in [0.15, 0.2) is 0 Å². The highest BCUT2D eigenvalue weighted by Crippen LogP contribution is 2.31. The summed E-state index contributed by atoms with van der Waals surface area (Å²) in [6.07, 6.45) is 3.64. The molecule has 0 heterocycles. The number of benzene rings is 1. The zero-order chi connectivity index (χ0) is 14.4. The smallest absolute Gasteiger partial charge is 0.0348 e. The monoisotopic (exact) mass is 325 g/mol. The average Bonchev–Trinajstić information content (AvgIpc) is 2.40. The number of rotatable bonds is 7. The summed E-state index contributed by atoms with van der Waals surface area (Å²) < 4.78 is 1.25. The molecule has 2 heteroatoms. The summed E-state index contributed by atoms with van der Waals surface area (Å²) in [4.78, 5) is 0. The van der Waals surface area contributed by atoms with Crippen molar-refractivity contribution in [1.82, 2.24) is 5.32 Å². The fraction of sp³-hybridized carbons (Fsp3) is 0.647. The van der Waals surface area contributed by atoms with E-state index in [1.165, 1.54) is 40.4 Å². The second-order valence-electron chi connectivity index (χ2n) is 5.48. The molecular formula is C17H28BrN. The van der Waals surface area contributed by atoms with E-state index in [1.807, 2.05) is 0 Å². The zero-order valence-corrected chi connectivity index (χ0v) is 14.6. The van der Waals surface area contributed by atoms with Gasteiger partial charge in [-0.15, -0.1) is 0 Å². The Kier molecular flexibility index (Phi) is 7.09. The molecule has 1 atom stereocenters. The van der Waals surface area contributed by atoms with Gasteiger partial charge in [0.1, 0.15) is 0 Å². The molecule has 0 radical (unpaired) electrons. The molecular weight excluding hydrogens is 298 g/mol. The first kappa shape index (κ1) is 16.7. The summed E-state index contributed by atoms with van der Waals surface area (Å²) in [5.74, 6) is 0.714.